The summed E-state index contributed by atoms with van der Waals surface area (Å²) in [6.07, 6.45) is -15.5. The predicted molar refractivity (Wildman–Crippen MR) is 163 cm³/mol. The third-order valence-corrected chi connectivity index (χ3v) is 9.33. The Balaban J connectivity index is 1.51. The van der Waals surface area contributed by atoms with E-state index in [1.807, 2.05) is 0 Å². The Morgan fingerprint density at radius 3 is 2.10 bits per heavy atom. The molecule has 3 aliphatic heterocycles. The Kier molecular flexibility index (Phi) is 15.5. The maximum atomic E-state index is 11.5. The molecule has 18 atom stereocenters. The summed E-state index contributed by atoms with van der Waals surface area (Å²) in [4.78, 5) is 0. The first-order chi connectivity index (χ1) is 22.9. The van der Waals surface area contributed by atoms with Gasteiger partial charge in [0.15, 0.2) is 18.9 Å². The summed E-state index contributed by atoms with van der Waals surface area (Å²) >= 11 is 0. The van der Waals surface area contributed by atoms with Crippen LogP contribution in [-0.4, -0.2) is 197 Å². The molecule has 20 nitrogen and oxygen atoms in total. The summed E-state index contributed by atoms with van der Waals surface area (Å²) in [6.45, 7) is -0.604. The van der Waals surface area contributed by atoms with Crippen molar-refractivity contribution in [3.8, 4) is 0 Å². The van der Waals surface area contributed by atoms with Crippen molar-refractivity contribution in [1.29, 1.82) is 0 Å². The molecule has 3 saturated heterocycles. The zero-order chi connectivity index (χ0) is 35.1. The number of aliphatic hydroxyl groups excluding tert-OH is 8. The number of rotatable bonds is 16. The van der Waals surface area contributed by atoms with Crippen molar-refractivity contribution in [3.63, 3.8) is 0 Å². The van der Waals surface area contributed by atoms with E-state index in [1.54, 1.807) is 0 Å². The minimum atomic E-state index is -1.60. The van der Waals surface area contributed by atoms with Crippen molar-refractivity contribution < 1.29 is 69.3 Å². The summed E-state index contributed by atoms with van der Waals surface area (Å²) in [7, 11) is 0. The molecule has 4 aliphatic rings. The Morgan fingerprint density at radius 1 is 0.750 bits per heavy atom. The highest BCUT2D eigenvalue weighted by Crippen LogP contribution is 2.34. The SMILES string of the molecule is NC[C@@H]1O[C@H](O[C@H]2[C@@H](O)[C@H](O[C@@H]3[C@@H](O)[C@H](NCC(O)CO)C[C@H](N)[C@H]3O[C@H]3O[C@H](CNCCO)CC[C@H]3N)O[C@@H]2CO)[C@H](N)[C@@H](O)[C@@H]1O. The van der Waals surface area contributed by atoms with Crippen molar-refractivity contribution in [2.24, 2.45) is 22.9 Å². The lowest BCUT2D eigenvalue weighted by Gasteiger charge is -2.47. The average molecular weight is 701 g/mol. The van der Waals surface area contributed by atoms with E-state index >= 15 is 0 Å². The van der Waals surface area contributed by atoms with Crippen molar-refractivity contribution >= 4 is 0 Å². The molecule has 0 aromatic heterocycles. The van der Waals surface area contributed by atoms with Crippen LogP contribution in [0.15, 0.2) is 0 Å². The van der Waals surface area contributed by atoms with Crippen LogP contribution in [0, 0.1) is 0 Å². The second-order valence-electron chi connectivity index (χ2n) is 12.9. The maximum absolute atomic E-state index is 11.5. The van der Waals surface area contributed by atoms with Crippen LogP contribution < -0.4 is 33.6 Å². The summed E-state index contributed by atoms with van der Waals surface area (Å²) in [5.74, 6) is 0. The van der Waals surface area contributed by atoms with Gasteiger partial charge in [0.2, 0.25) is 0 Å². The Bertz CT molecular complexity index is 951. The monoisotopic (exact) mass is 700 g/mol. The van der Waals surface area contributed by atoms with Gasteiger partial charge in [-0.2, -0.15) is 0 Å². The van der Waals surface area contributed by atoms with Gasteiger partial charge in [-0.05, 0) is 19.3 Å². The van der Waals surface area contributed by atoms with Crippen molar-refractivity contribution in [2.45, 2.75) is 129 Å². The third kappa shape index (κ3) is 9.54. The number of ether oxygens (including phenoxy) is 6. The summed E-state index contributed by atoms with van der Waals surface area (Å²) < 4.78 is 35.9. The van der Waals surface area contributed by atoms with E-state index in [0.717, 1.165) is 0 Å². The van der Waals surface area contributed by atoms with E-state index in [4.69, 9.17) is 56.5 Å². The largest absolute Gasteiger partial charge is 0.395 e. The van der Waals surface area contributed by atoms with Crippen molar-refractivity contribution in [2.75, 3.05) is 46.0 Å². The molecule has 0 spiro atoms. The van der Waals surface area contributed by atoms with Crippen LogP contribution in [0.25, 0.3) is 0 Å². The molecule has 1 aliphatic carbocycles. The normalized spacial score (nSPS) is 46.1. The second-order valence-corrected chi connectivity index (χ2v) is 12.9. The minimum absolute atomic E-state index is 0.0392. The number of nitrogens with two attached hydrogens (primary N) is 4. The number of nitrogens with one attached hydrogen (secondary N) is 2. The fourth-order valence-corrected chi connectivity index (χ4v) is 6.49. The van der Waals surface area contributed by atoms with E-state index < -0.39 is 117 Å². The molecule has 0 bridgehead atoms. The lowest BCUT2D eigenvalue weighted by atomic mass is 9.83. The first-order valence-corrected chi connectivity index (χ1v) is 16.5. The van der Waals surface area contributed by atoms with Gasteiger partial charge in [0.25, 0.3) is 0 Å². The van der Waals surface area contributed by atoms with Crippen LogP contribution in [-0.2, 0) is 28.4 Å². The van der Waals surface area contributed by atoms with Crippen LogP contribution in [0.4, 0.5) is 0 Å². The van der Waals surface area contributed by atoms with Crippen LogP contribution in [0.3, 0.4) is 0 Å². The Labute approximate surface area is 278 Å². The van der Waals surface area contributed by atoms with Crippen LogP contribution >= 0.6 is 0 Å². The molecule has 0 aromatic carbocycles. The first-order valence-electron chi connectivity index (χ1n) is 16.5. The molecule has 4 rings (SSSR count). The van der Waals surface area contributed by atoms with Crippen LogP contribution in [0.5, 0.6) is 0 Å². The van der Waals surface area contributed by atoms with Crippen LogP contribution in [0.2, 0.25) is 0 Å². The lowest BCUT2D eigenvalue weighted by Crippen LogP contribution is -2.66. The zero-order valence-corrected chi connectivity index (χ0v) is 26.8. The average Bonchev–Trinajstić information content (AvgIpc) is 3.37. The molecule has 20 heteroatoms. The van der Waals surface area contributed by atoms with Gasteiger partial charge in [0.05, 0.1) is 50.2 Å². The number of hydrogen-bond acceptors (Lipinski definition) is 20. The Morgan fingerprint density at radius 2 is 1.44 bits per heavy atom. The highest BCUT2D eigenvalue weighted by molar-refractivity contribution is 5.02. The quantitative estimate of drug-likeness (QED) is 0.0665. The van der Waals surface area contributed by atoms with Gasteiger partial charge in [-0.25, -0.2) is 0 Å². The van der Waals surface area contributed by atoms with E-state index in [1.165, 1.54) is 0 Å². The molecule has 0 amide bonds. The van der Waals surface area contributed by atoms with Gasteiger partial charge in [0, 0.05) is 38.3 Å². The minimum Gasteiger partial charge on any atom is -0.395 e. The summed E-state index contributed by atoms with van der Waals surface area (Å²) in [5, 5.41) is 87.9. The molecular formula is C28H56N6O14. The van der Waals surface area contributed by atoms with E-state index in [-0.39, 0.29) is 32.2 Å². The van der Waals surface area contributed by atoms with Crippen molar-refractivity contribution in [3.05, 3.63) is 0 Å². The number of hydrogen-bond donors (Lipinski definition) is 14. The molecular weight excluding hydrogens is 644 g/mol. The molecule has 282 valence electrons. The lowest BCUT2D eigenvalue weighted by molar-refractivity contribution is -0.290. The molecule has 3 heterocycles. The third-order valence-electron chi connectivity index (χ3n) is 9.33. The first kappa shape index (κ1) is 40.0. The summed E-state index contributed by atoms with van der Waals surface area (Å²) in [5.41, 5.74) is 24.6. The molecule has 18 N–H and O–H groups in total. The van der Waals surface area contributed by atoms with Gasteiger partial charge >= 0.3 is 0 Å². The molecule has 0 aromatic rings. The van der Waals surface area contributed by atoms with Crippen LogP contribution in [0.1, 0.15) is 19.3 Å². The van der Waals surface area contributed by atoms with Gasteiger partial charge in [-0.3, -0.25) is 0 Å². The van der Waals surface area contributed by atoms with E-state index in [2.05, 4.69) is 10.6 Å². The van der Waals surface area contributed by atoms with Gasteiger partial charge in [0.1, 0.15) is 48.8 Å². The van der Waals surface area contributed by atoms with Gasteiger partial charge in [-0.15, -0.1) is 0 Å². The fourth-order valence-electron chi connectivity index (χ4n) is 6.49. The molecule has 48 heavy (non-hydrogen) atoms. The zero-order valence-electron chi connectivity index (χ0n) is 26.8. The maximum Gasteiger partial charge on any atom is 0.187 e. The highest BCUT2D eigenvalue weighted by Gasteiger charge is 2.54. The smallest absolute Gasteiger partial charge is 0.187 e. The fraction of sp³-hybridized carbons (Fsp3) is 1.00. The molecule has 1 saturated carbocycles. The standard InChI is InChI=1S/C28H56N6O14/c29-6-16-20(40)21(41)18(32)27(44-16)47-24-17(10-37)45-28(22(24)42)48-25-19(39)15(34-7-11(38)9-36)5-14(31)23(25)46-26-13(30)2-1-12(43-26)8-33-3-4-35/h11-28,33-42H,1-10,29-32H2/t11?,12-,13+,14-,15+,16-,17+,18+,19-,20+,21+,22+,23+,24+,25+,26+,27+,28-/m0/s1. The molecule has 0 radical (unpaired) electrons. The van der Waals surface area contributed by atoms with Gasteiger partial charge < -0.3 is 103 Å². The van der Waals surface area contributed by atoms with Gasteiger partial charge in [-0.1, -0.05) is 0 Å². The Hall–Kier alpha value is -0.800. The van der Waals surface area contributed by atoms with Crippen molar-refractivity contribution in [1.82, 2.24) is 10.6 Å². The van der Waals surface area contributed by atoms with E-state index in [9.17, 15) is 35.7 Å². The highest BCUT2D eigenvalue weighted by atomic mass is 16.8. The molecule has 4 fully saturated rings. The summed E-state index contributed by atoms with van der Waals surface area (Å²) in [6, 6.07) is -3.33. The molecule has 1 unspecified atom stereocenters. The predicted octanol–water partition coefficient (Wildman–Crippen LogP) is -8.23. The van der Waals surface area contributed by atoms with E-state index in [0.29, 0.717) is 25.9 Å². The number of aliphatic hydroxyl groups is 8. The topological polar surface area (TPSA) is 345 Å². The second kappa shape index (κ2) is 18.6.